The van der Waals surface area contributed by atoms with Crippen molar-refractivity contribution in [2.45, 2.75) is 20.3 Å². The Labute approximate surface area is 231 Å². The van der Waals surface area contributed by atoms with Crippen LogP contribution in [0.1, 0.15) is 30.8 Å². The van der Waals surface area contributed by atoms with E-state index in [2.05, 4.69) is 29.4 Å². The third-order valence-electron chi connectivity index (χ3n) is 5.96. The quantitative estimate of drug-likeness (QED) is 0.357. The predicted molar refractivity (Wildman–Crippen MR) is 153 cm³/mol. The number of anilines is 2. The first kappa shape index (κ1) is 27.0. The van der Waals surface area contributed by atoms with Crippen molar-refractivity contribution >= 4 is 63.7 Å². The molecular weight excluding hydrogens is 531 g/mol. The number of nitrogens with zero attached hydrogens (tertiary/aromatic N) is 2. The van der Waals surface area contributed by atoms with Crippen LogP contribution in [-0.2, 0) is 4.79 Å². The van der Waals surface area contributed by atoms with Crippen LogP contribution in [0.15, 0.2) is 59.0 Å². The van der Waals surface area contributed by atoms with Gasteiger partial charge in [-0.1, -0.05) is 37.0 Å². The van der Waals surface area contributed by atoms with E-state index >= 15 is 0 Å². The lowest BCUT2D eigenvalue weighted by molar-refractivity contribution is -0.132. The van der Waals surface area contributed by atoms with Crippen molar-refractivity contribution in [1.29, 1.82) is 0 Å². The third kappa shape index (κ3) is 7.03. The van der Waals surface area contributed by atoms with Crippen molar-refractivity contribution in [3.05, 3.63) is 70.4 Å². The van der Waals surface area contributed by atoms with E-state index < -0.39 is 5.91 Å². The maximum Gasteiger partial charge on any atom is 0.293 e. The summed E-state index contributed by atoms with van der Waals surface area (Å²) in [5.41, 5.74) is 2.41. The lowest BCUT2D eigenvalue weighted by Crippen LogP contribution is -2.49. The summed E-state index contributed by atoms with van der Waals surface area (Å²) in [6.45, 7) is 7.14. The molecule has 0 atom stereocenters. The Morgan fingerprint density at radius 2 is 1.70 bits per heavy atom. The number of benzene rings is 2. The zero-order valence-electron chi connectivity index (χ0n) is 20.6. The van der Waals surface area contributed by atoms with Crippen molar-refractivity contribution in [2.75, 3.05) is 36.4 Å². The van der Waals surface area contributed by atoms with Crippen LogP contribution in [0.2, 0.25) is 10.0 Å². The third-order valence-corrected chi connectivity index (χ3v) is 6.73. The minimum absolute atomic E-state index is 0.0940. The maximum absolute atomic E-state index is 12.6. The Morgan fingerprint density at radius 1 is 1.00 bits per heavy atom. The molecule has 1 fully saturated rings. The van der Waals surface area contributed by atoms with Gasteiger partial charge in [-0.15, -0.1) is 0 Å². The van der Waals surface area contributed by atoms with Gasteiger partial charge in [0.2, 0.25) is 5.91 Å². The first-order valence-corrected chi connectivity index (χ1v) is 13.2. The summed E-state index contributed by atoms with van der Waals surface area (Å²) in [6, 6.07) is 16.0. The molecule has 3 aromatic rings. The normalized spacial score (nSPS) is 13.5. The molecule has 194 valence electrons. The summed E-state index contributed by atoms with van der Waals surface area (Å²) in [5.74, 6) is 0.631. The van der Waals surface area contributed by atoms with Crippen molar-refractivity contribution in [2.24, 2.45) is 5.92 Å². The van der Waals surface area contributed by atoms with E-state index in [1.807, 2.05) is 29.2 Å². The van der Waals surface area contributed by atoms with Crippen molar-refractivity contribution < 1.29 is 14.0 Å². The Hall–Kier alpha value is -3.07. The summed E-state index contributed by atoms with van der Waals surface area (Å²) < 4.78 is 5.67. The second kappa shape index (κ2) is 12.0. The summed E-state index contributed by atoms with van der Waals surface area (Å²) in [5, 5.41) is 6.76. The van der Waals surface area contributed by atoms with Crippen LogP contribution in [0.25, 0.3) is 11.3 Å². The molecule has 0 aliphatic carbocycles. The van der Waals surface area contributed by atoms with Gasteiger partial charge in [-0.25, -0.2) is 0 Å². The zero-order valence-corrected chi connectivity index (χ0v) is 22.9. The van der Waals surface area contributed by atoms with Crippen molar-refractivity contribution in [1.82, 2.24) is 10.2 Å². The second-order valence-electron chi connectivity index (χ2n) is 9.21. The molecular formula is C27H28Cl2N4O3S. The highest BCUT2D eigenvalue weighted by atomic mass is 35.5. The van der Waals surface area contributed by atoms with E-state index in [0.717, 1.165) is 37.6 Å². The molecule has 2 aromatic carbocycles. The average molecular weight is 560 g/mol. The fourth-order valence-corrected chi connectivity index (χ4v) is 4.66. The number of hydrogen-bond donors (Lipinski definition) is 2. The first-order chi connectivity index (χ1) is 17.7. The van der Waals surface area contributed by atoms with E-state index in [0.29, 0.717) is 33.7 Å². The van der Waals surface area contributed by atoms with Crippen molar-refractivity contribution in [3.8, 4) is 11.3 Å². The lowest BCUT2D eigenvalue weighted by Gasteiger charge is -2.36. The summed E-state index contributed by atoms with van der Waals surface area (Å²) in [6.07, 6.45) is 0.591. The molecule has 0 saturated carbocycles. The summed E-state index contributed by atoms with van der Waals surface area (Å²) >= 11 is 17.6. The van der Waals surface area contributed by atoms with Crippen LogP contribution in [0.4, 0.5) is 11.4 Å². The highest BCUT2D eigenvalue weighted by Gasteiger charge is 2.22. The fourth-order valence-electron chi connectivity index (χ4n) is 4.07. The fraction of sp³-hybridized carbons (Fsp3) is 0.296. The van der Waals surface area contributed by atoms with Gasteiger partial charge in [-0.3, -0.25) is 14.9 Å². The number of piperazine rings is 1. The van der Waals surface area contributed by atoms with Gasteiger partial charge in [0.25, 0.3) is 5.91 Å². The molecule has 2 N–H and O–H groups in total. The van der Waals surface area contributed by atoms with Crippen LogP contribution in [-0.4, -0.2) is 48.0 Å². The molecule has 1 aliphatic rings. The predicted octanol–water partition coefficient (Wildman–Crippen LogP) is 6.07. The summed E-state index contributed by atoms with van der Waals surface area (Å²) in [4.78, 5) is 29.1. The number of furan rings is 1. The van der Waals surface area contributed by atoms with E-state index in [-0.39, 0.29) is 16.8 Å². The SMILES string of the molecule is CC(C)CC(=O)N1CCN(c2ccc(NC(=S)NC(=O)c3ccc(-c4cc(Cl)ccc4Cl)o3)cc2)CC1. The number of thiocarbonyl (C=S) groups is 1. The van der Waals surface area contributed by atoms with Gasteiger partial charge in [-0.05, 0) is 72.7 Å². The van der Waals surface area contributed by atoms with Gasteiger partial charge in [0.15, 0.2) is 10.9 Å². The monoisotopic (exact) mass is 558 g/mol. The minimum Gasteiger partial charge on any atom is -0.451 e. The molecule has 0 radical (unpaired) electrons. The van der Waals surface area contributed by atoms with E-state index in [1.165, 1.54) is 0 Å². The highest BCUT2D eigenvalue weighted by molar-refractivity contribution is 7.80. The van der Waals surface area contributed by atoms with Gasteiger partial charge >= 0.3 is 0 Å². The van der Waals surface area contributed by atoms with Crippen LogP contribution < -0.4 is 15.5 Å². The molecule has 1 saturated heterocycles. The van der Waals surface area contributed by atoms with Crippen molar-refractivity contribution in [3.63, 3.8) is 0 Å². The van der Waals surface area contributed by atoms with E-state index in [4.69, 9.17) is 39.8 Å². The molecule has 37 heavy (non-hydrogen) atoms. The molecule has 7 nitrogen and oxygen atoms in total. The van der Waals surface area contributed by atoms with Crippen LogP contribution in [0, 0.1) is 5.92 Å². The number of nitrogens with one attached hydrogen (secondary N) is 2. The Balaban J connectivity index is 1.29. The summed E-state index contributed by atoms with van der Waals surface area (Å²) in [7, 11) is 0. The van der Waals surface area contributed by atoms with Crippen LogP contribution in [0.5, 0.6) is 0 Å². The molecule has 0 bridgehead atoms. The van der Waals surface area contributed by atoms with Gasteiger partial charge < -0.3 is 19.5 Å². The molecule has 4 rings (SSSR count). The Morgan fingerprint density at radius 3 is 2.38 bits per heavy atom. The minimum atomic E-state index is -0.483. The molecule has 10 heteroatoms. The van der Waals surface area contributed by atoms with Crippen LogP contribution >= 0.6 is 35.4 Å². The number of halogens is 2. The molecule has 0 spiro atoms. The first-order valence-electron chi connectivity index (χ1n) is 12.0. The molecule has 2 amide bonds. The van der Waals surface area contributed by atoms with Gasteiger partial charge in [0, 0.05) is 54.6 Å². The Bertz CT molecular complexity index is 1290. The Kier molecular flexibility index (Phi) is 8.74. The van der Waals surface area contributed by atoms with Gasteiger partial charge in [-0.2, -0.15) is 0 Å². The average Bonchev–Trinajstić information content (AvgIpc) is 3.36. The van der Waals surface area contributed by atoms with Gasteiger partial charge in [0.05, 0.1) is 5.02 Å². The smallest absolute Gasteiger partial charge is 0.293 e. The number of rotatable bonds is 6. The molecule has 1 aliphatic heterocycles. The number of hydrogen-bond acceptors (Lipinski definition) is 5. The van der Waals surface area contributed by atoms with Crippen LogP contribution in [0.3, 0.4) is 0 Å². The number of carbonyl (C=O) groups is 2. The second-order valence-corrected chi connectivity index (χ2v) is 10.5. The molecule has 0 unspecified atom stereocenters. The van der Waals surface area contributed by atoms with Gasteiger partial charge in [0.1, 0.15) is 5.76 Å². The van der Waals surface area contributed by atoms with E-state index in [9.17, 15) is 9.59 Å². The lowest BCUT2D eigenvalue weighted by atomic mass is 10.1. The zero-order chi connectivity index (χ0) is 26.5. The molecule has 1 aromatic heterocycles. The highest BCUT2D eigenvalue weighted by Crippen LogP contribution is 2.31. The number of carbonyl (C=O) groups excluding carboxylic acids is 2. The molecule has 2 heterocycles. The topological polar surface area (TPSA) is 77.8 Å². The standard InChI is InChI=1S/C27H28Cl2N4O3S/c1-17(2)15-25(34)33-13-11-32(12-14-33)20-6-4-19(5-7-20)30-27(37)31-26(35)24-10-9-23(36-24)21-16-18(28)3-8-22(21)29/h3-10,16-17H,11-15H2,1-2H3,(H2,30,31,35,37). The largest absolute Gasteiger partial charge is 0.451 e. The number of amides is 2. The van der Waals surface area contributed by atoms with E-state index in [1.54, 1.807) is 30.3 Å². The maximum atomic E-state index is 12.6.